The fourth-order valence-corrected chi connectivity index (χ4v) is 1.56. The van der Waals surface area contributed by atoms with Gasteiger partial charge in [0.05, 0.1) is 6.07 Å². The number of benzene rings is 1. The number of imidazole rings is 1. The number of rotatable bonds is 3. The highest BCUT2D eigenvalue weighted by Gasteiger charge is 2.08. The molecule has 17 heavy (non-hydrogen) atoms. The fourth-order valence-electron chi connectivity index (χ4n) is 1.56. The highest BCUT2D eigenvalue weighted by Crippen LogP contribution is 2.13. The zero-order valence-corrected chi connectivity index (χ0v) is 8.90. The van der Waals surface area contributed by atoms with Crippen molar-refractivity contribution in [2.45, 2.75) is 13.0 Å². The van der Waals surface area contributed by atoms with Crippen LogP contribution < -0.4 is 0 Å². The van der Waals surface area contributed by atoms with Crippen molar-refractivity contribution in [3.8, 4) is 6.07 Å². The minimum absolute atomic E-state index is 0.165. The van der Waals surface area contributed by atoms with E-state index in [2.05, 4.69) is 4.98 Å². The Balaban J connectivity index is 2.26. The van der Waals surface area contributed by atoms with Crippen LogP contribution in [0.2, 0.25) is 0 Å². The van der Waals surface area contributed by atoms with Crippen molar-refractivity contribution >= 4 is 0 Å². The minimum Gasteiger partial charge on any atom is -0.321 e. The summed E-state index contributed by atoms with van der Waals surface area (Å²) in [6.07, 6.45) is 3.44. The summed E-state index contributed by atoms with van der Waals surface area (Å²) in [6, 6.07) is 5.42. The molecule has 1 aromatic carbocycles. The normalized spacial score (nSPS) is 10.2. The Labute approximate surface area is 96.9 Å². The van der Waals surface area contributed by atoms with E-state index in [9.17, 15) is 8.78 Å². The molecule has 1 heterocycles. The van der Waals surface area contributed by atoms with Crippen molar-refractivity contribution in [1.82, 2.24) is 9.55 Å². The van der Waals surface area contributed by atoms with Gasteiger partial charge in [-0.1, -0.05) is 6.07 Å². The second kappa shape index (κ2) is 4.74. The van der Waals surface area contributed by atoms with E-state index in [0.29, 0.717) is 11.4 Å². The van der Waals surface area contributed by atoms with Crippen molar-refractivity contribution < 1.29 is 8.78 Å². The van der Waals surface area contributed by atoms with Crippen molar-refractivity contribution in [3.63, 3.8) is 0 Å². The van der Waals surface area contributed by atoms with Crippen LogP contribution in [0.15, 0.2) is 30.6 Å². The van der Waals surface area contributed by atoms with Crippen LogP contribution >= 0.6 is 0 Å². The van der Waals surface area contributed by atoms with Gasteiger partial charge in [-0.2, -0.15) is 5.26 Å². The summed E-state index contributed by atoms with van der Waals surface area (Å²) >= 11 is 0. The molecule has 0 radical (unpaired) electrons. The van der Waals surface area contributed by atoms with Gasteiger partial charge in [-0.15, -0.1) is 0 Å². The number of nitrogens with zero attached hydrogens (tertiary/aromatic N) is 3. The zero-order valence-electron chi connectivity index (χ0n) is 8.90. The first-order valence-corrected chi connectivity index (χ1v) is 5.01. The molecule has 0 bridgehead atoms. The maximum atomic E-state index is 13.4. The van der Waals surface area contributed by atoms with E-state index in [-0.39, 0.29) is 13.0 Å². The molecular formula is C12H9F2N3. The molecule has 0 aliphatic rings. The third-order valence-corrected chi connectivity index (χ3v) is 2.41. The van der Waals surface area contributed by atoms with Gasteiger partial charge >= 0.3 is 0 Å². The molecule has 86 valence electrons. The van der Waals surface area contributed by atoms with Crippen LogP contribution in [-0.2, 0) is 13.0 Å². The van der Waals surface area contributed by atoms with Crippen LogP contribution in [0, 0.1) is 23.0 Å². The molecule has 0 aliphatic heterocycles. The lowest BCUT2D eigenvalue weighted by Crippen LogP contribution is -2.04. The van der Waals surface area contributed by atoms with E-state index in [1.165, 1.54) is 12.1 Å². The average Bonchev–Trinajstić information content (AvgIpc) is 2.71. The fraction of sp³-hybridized carbons (Fsp3) is 0.167. The number of nitriles is 1. The maximum Gasteiger partial charge on any atom is 0.129 e. The van der Waals surface area contributed by atoms with Crippen molar-refractivity contribution in [2.75, 3.05) is 0 Å². The molecule has 1 aromatic heterocycles. The molecule has 0 atom stereocenters. The predicted molar refractivity (Wildman–Crippen MR) is 57.0 cm³/mol. The van der Waals surface area contributed by atoms with Gasteiger partial charge < -0.3 is 4.57 Å². The van der Waals surface area contributed by atoms with Gasteiger partial charge in [0.25, 0.3) is 0 Å². The van der Waals surface area contributed by atoms with E-state index in [4.69, 9.17) is 5.26 Å². The Morgan fingerprint density at radius 2 is 2.18 bits per heavy atom. The quantitative estimate of drug-likeness (QED) is 0.816. The summed E-state index contributed by atoms with van der Waals surface area (Å²) in [5.74, 6) is -0.625. The lowest BCUT2D eigenvalue weighted by Gasteiger charge is -2.05. The summed E-state index contributed by atoms with van der Waals surface area (Å²) in [4.78, 5) is 4.05. The third kappa shape index (κ3) is 2.48. The molecule has 0 spiro atoms. The smallest absolute Gasteiger partial charge is 0.129 e. The monoisotopic (exact) mass is 233 g/mol. The van der Waals surface area contributed by atoms with Gasteiger partial charge in [-0.05, 0) is 11.6 Å². The predicted octanol–water partition coefficient (Wildman–Crippen LogP) is 2.28. The van der Waals surface area contributed by atoms with E-state index in [1.807, 2.05) is 6.07 Å². The molecule has 0 amide bonds. The highest BCUT2D eigenvalue weighted by molar-refractivity contribution is 5.22. The molecule has 0 aliphatic carbocycles. The van der Waals surface area contributed by atoms with Gasteiger partial charge in [-0.3, -0.25) is 0 Å². The summed E-state index contributed by atoms with van der Waals surface area (Å²) in [6.45, 7) is 0.165. The molecule has 0 saturated carbocycles. The molecule has 0 saturated heterocycles. The number of hydrogen-bond acceptors (Lipinski definition) is 2. The van der Waals surface area contributed by atoms with E-state index in [0.717, 1.165) is 6.07 Å². The van der Waals surface area contributed by atoms with Gasteiger partial charge in [0.1, 0.15) is 24.0 Å². The van der Waals surface area contributed by atoms with Crippen molar-refractivity contribution in [2.24, 2.45) is 0 Å². The largest absolute Gasteiger partial charge is 0.321 e. The molecule has 5 heteroatoms. The molecule has 0 fully saturated rings. The second-order valence-corrected chi connectivity index (χ2v) is 3.54. The molecule has 0 unspecified atom stereocenters. The lowest BCUT2D eigenvalue weighted by atomic mass is 10.1. The zero-order chi connectivity index (χ0) is 12.3. The van der Waals surface area contributed by atoms with Gasteiger partial charge in [0, 0.05) is 24.9 Å². The van der Waals surface area contributed by atoms with Gasteiger partial charge in [0.2, 0.25) is 0 Å². The Kier molecular flexibility index (Phi) is 3.15. The minimum atomic E-state index is -0.605. The van der Waals surface area contributed by atoms with E-state index in [1.54, 1.807) is 17.0 Å². The van der Waals surface area contributed by atoms with Gasteiger partial charge in [-0.25, -0.2) is 13.8 Å². The average molecular weight is 233 g/mol. The second-order valence-electron chi connectivity index (χ2n) is 3.54. The van der Waals surface area contributed by atoms with E-state index >= 15 is 0 Å². The lowest BCUT2D eigenvalue weighted by molar-refractivity contribution is 0.572. The summed E-state index contributed by atoms with van der Waals surface area (Å²) < 4.78 is 27.8. The number of hydrogen-bond donors (Lipinski definition) is 0. The Bertz CT molecular complexity index is 569. The first-order valence-electron chi connectivity index (χ1n) is 5.01. The van der Waals surface area contributed by atoms with Crippen LogP contribution in [-0.4, -0.2) is 9.55 Å². The number of aromatic nitrogens is 2. The Morgan fingerprint density at radius 3 is 2.88 bits per heavy atom. The van der Waals surface area contributed by atoms with Crippen LogP contribution in [0.4, 0.5) is 8.78 Å². The van der Waals surface area contributed by atoms with Crippen LogP contribution in [0.3, 0.4) is 0 Å². The van der Waals surface area contributed by atoms with Crippen molar-refractivity contribution in [1.29, 1.82) is 5.26 Å². The standard InChI is InChI=1S/C12H9F2N3/c13-10-2-1-9(11(14)8-10)7-12-16-4-6-17(12)5-3-15/h1-2,4,6,8H,5,7H2. The maximum absolute atomic E-state index is 13.4. The molecule has 3 nitrogen and oxygen atoms in total. The summed E-state index contributed by atoms with van der Waals surface area (Å²) in [7, 11) is 0. The highest BCUT2D eigenvalue weighted by atomic mass is 19.1. The van der Waals surface area contributed by atoms with Gasteiger partial charge in [0.15, 0.2) is 0 Å². The van der Waals surface area contributed by atoms with Crippen LogP contribution in [0.25, 0.3) is 0 Å². The Morgan fingerprint density at radius 1 is 1.35 bits per heavy atom. The van der Waals surface area contributed by atoms with Crippen LogP contribution in [0.1, 0.15) is 11.4 Å². The third-order valence-electron chi connectivity index (χ3n) is 2.41. The summed E-state index contributed by atoms with van der Waals surface area (Å²) in [5.41, 5.74) is 0.358. The SMILES string of the molecule is N#CCn1ccnc1Cc1ccc(F)cc1F. The summed E-state index contributed by atoms with van der Waals surface area (Å²) in [5, 5.41) is 8.60. The van der Waals surface area contributed by atoms with E-state index < -0.39 is 11.6 Å². The number of halogens is 2. The topological polar surface area (TPSA) is 41.6 Å². The Hall–Kier alpha value is -2.22. The van der Waals surface area contributed by atoms with Crippen LogP contribution in [0.5, 0.6) is 0 Å². The first kappa shape index (κ1) is 11.3. The first-order chi connectivity index (χ1) is 8.20. The molecular weight excluding hydrogens is 224 g/mol. The molecule has 2 aromatic rings. The molecule has 2 rings (SSSR count). The van der Waals surface area contributed by atoms with Crippen molar-refractivity contribution in [3.05, 3.63) is 53.6 Å². The molecule has 0 N–H and O–H groups in total.